The van der Waals surface area contributed by atoms with Crippen LogP contribution in [-0.4, -0.2) is 37.0 Å². The lowest BCUT2D eigenvalue weighted by molar-refractivity contribution is 0.0762. The second-order valence-corrected chi connectivity index (χ2v) is 6.17. The van der Waals surface area contributed by atoms with E-state index in [2.05, 4.69) is 5.32 Å². The molecular formula is C15H19ClN2O. The van der Waals surface area contributed by atoms with E-state index in [4.69, 9.17) is 11.6 Å². The Hall–Kier alpha value is -1.06. The van der Waals surface area contributed by atoms with E-state index < -0.39 is 0 Å². The molecule has 1 amide bonds. The maximum absolute atomic E-state index is 12.5. The molecule has 0 saturated carbocycles. The van der Waals surface area contributed by atoms with Crippen molar-refractivity contribution in [1.82, 2.24) is 10.2 Å². The summed E-state index contributed by atoms with van der Waals surface area (Å²) >= 11 is 5.96. The van der Waals surface area contributed by atoms with Crippen molar-refractivity contribution in [1.29, 1.82) is 0 Å². The molecule has 102 valence electrons. The molecule has 19 heavy (non-hydrogen) atoms. The first-order valence-electron chi connectivity index (χ1n) is 6.94. The second-order valence-electron chi connectivity index (χ2n) is 5.74. The number of piperidine rings is 1. The predicted octanol–water partition coefficient (Wildman–Crippen LogP) is 2.56. The van der Waals surface area contributed by atoms with Crippen LogP contribution in [0.25, 0.3) is 0 Å². The summed E-state index contributed by atoms with van der Waals surface area (Å²) in [5.41, 5.74) is 1.07. The van der Waals surface area contributed by atoms with Gasteiger partial charge in [-0.1, -0.05) is 17.7 Å². The van der Waals surface area contributed by atoms with Crippen molar-refractivity contribution in [2.75, 3.05) is 26.2 Å². The number of hydrogen-bond donors (Lipinski definition) is 1. The molecule has 1 N–H and O–H groups in total. The van der Waals surface area contributed by atoms with Crippen LogP contribution in [0.2, 0.25) is 5.02 Å². The molecule has 1 aromatic carbocycles. The highest BCUT2D eigenvalue weighted by Gasteiger charge is 2.40. The Bertz CT molecular complexity index is 483. The number of nitrogens with one attached hydrogen (secondary N) is 1. The van der Waals surface area contributed by atoms with Gasteiger partial charge in [0.1, 0.15) is 0 Å². The average molecular weight is 279 g/mol. The van der Waals surface area contributed by atoms with E-state index in [1.54, 1.807) is 12.1 Å². The van der Waals surface area contributed by atoms with Crippen LogP contribution in [0.3, 0.4) is 0 Å². The number of benzene rings is 1. The minimum atomic E-state index is 0.123. The molecule has 2 aliphatic heterocycles. The molecule has 0 unspecified atom stereocenters. The van der Waals surface area contributed by atoms with Crippen molar-refractivity contribution in [3.05, 3.63) is 34.9 Å². The van der Waals surface area contributed by atoms with Crippen molar-refractivity contribution in [2.45, 2.75) is 19.3 Å². The van der Waals surface area contributed by atoms with Gasteiger partial charge in [-0.2, -0.15) is 0 Å². The lowest BCUT2D eigenvalue weighted by Crippen LogP contribution is -2.39. The molecule has 1 spiro atoms. The number of nitrogens with zero attached hydrogens (tertiary/aromatic N) is 1. The van der Waals surface area contributed by atoms with Crippen LogP contribution in [0.1, 0.15) is 29.6 Å². The second kappa shape index (κ2) is 5.14. The summed E-state index contributed by atoms with van der Waals surface area (Å²) in [5, 5.41) is 4.02. The standard InChI is InChI=1S/C15H19ClN2O/c16-13-3-1-2-12(10-13)14(19)18-9-6-15(11-18)4-7-17-8-5-15/h1-3,10,17H,4-9,11H2. The van der Waals surface area contributed by atoms with Gasteiger partial charge in [-0.3, -0.25) is 4.79 Å². The van der Waals surface area contributed by atoms with Crippen molar-refractivity contribution in [3.8, 4) is 0 Å². The molecule has 1 aromatic rings. The van der Waals surface area contributed by atoms with E-state index in [1.165, 1.54) is 12.8 Å². The third-order valence-electron chi connectivity index (χ3n) is 4.46. The van der Waals surface area contributed by atoms with Crippen LogP contribution in [0.5, 0.6) is 0 Å². The van der Waals surface area contributed by atoms with Crippen molar-refractivity contribution >= 4 is 17.5 Å². The summed E-state index contributed by atoms with van der Waals surface area (Å²) in [5.74, 6) is 0.123. The van der Waals surface area contributed by atoms with Crippen LogP contribution < -0.4 is 5.32 Å². The minimum absolute atomic E-state index is 0.123. The molecule has 0 aromatic heterocycles. The number of carbonyl (C=O) groups is 1. The van der Waals surface area contributed by atoms with Gasteiger partial charge in [0.15, 0.2) is 0 Å². The summed E-state index contributed by atoms with van der Waals surface area (Å²) < 4.78 is 0. The molecule has 4 heteroatoms. The van der Waals surface area contributed by atoms with Gasteiger partial charge in [0.05, 0.1) is 0 Å². The quantitative estimate of drug-likeness (QED) is 0.856. The molecule has 2 heterocycles. The van der Waals surface area contributed by atoms with Gasteiger partial charge in [-0.15, -0.1) is 0 Å². The lowest BCUT2D eigenvalue weighted by Gasteiger charge is -2.33. The van der Waals surface area contributed by atoms with E-state index in [9.17, 15) is 4.79 Å². The van der Waals surface area contributed by atoms with E-state index in [0.29, 0.717) is 16.0 Å². The first kappa shape index (κ1) is 12.9. The van der Waals surface area contributed by atoms with E-state index in [1.807, 2.05) is 17.0 Å². The molecule has 3 rings (SSSR count). The highest BCUT2D eigenvalue weighted by atomic mass is 35.5. The van der Waals surface area contributed by atoms with Crippen molar-refractivity contribution < 1.29 is 4.79 Å². The molecular weight excluding hydrogens is 260 g/mol. The van der Waals surface area contributed by atoms with Gasteiger partial charge >= 0.3 is 0 Å². The van der Waals surface area contributed by atoms with E-state index in [0.717, 1.165) is 32.6 Å². The smallest absolute Gasteiger partial charge is 0.253 e. The normalized spacial score (nSPS) is 21.8. The van der Waals surface area contributed by atoms with Gasteiger partial charge in [0.2, 0.25) is 0 Å². The fraction of sp³-hybridized carbons (Fsp3) is 0.533. The van der Waals surface area contributed by atoms with Crippen LogP contribution in [0, 0.1) is 5.41 Å². The maximum Gasteiger partial charge on any atom is 0.253 e. The first-order valence-corrected chi connectivity index (χ1v) is 7.32. The number of rotatable bonds is 1. The van der Waals surface area contributed by atoms with Crippen LogP contribution >= 0.6 is 11.6 Å². The highest BCUT2D eigenvalue weighted by Crippen LogP contribution is 2.39. The third-order valence-corrected chi connectivity index (χ3v) is 4.70. The summed E-state index contributed by atoms with van der Waals surface area (Å²) in [7, 11) is 0. The summed E-state index contributed by atoms with van der Waals surface area (Å²) in [6.07, 6.45) is 3.51. The van der Waals surface area contributed by atoms with E-state index in [-0.39, 0.29) is 5.91 Å². The Balaban J connectivity index is 1.72. The number of carbonyl (C=O) groups excluding carboxylic acids is 1. The number of likely N-dealkylation sites (tertiary alicyclic amines) is 1. The monoisotopic (exact) mass is 278 g/mol. The fourth-order valence-electron chi connectivity index (χ4n) is 3.28. The van der Waals surface area contributed by atoms with Crippen LogP contribution in [0.15, 0.2) is 24.3 Å². The van der Waals surface area contributed by atoms with Gasteiger partial charge in [-0.25, -0.2) is 0 Å². The average Bonchev–Trinajstić information content (AvgIpc) is 2.82. The SMILES string of the molecule is O=C(c1cccc(Cl)c1)N1CCC2(CCNCC2)C1. The largest absolute Gasteiger partial charge is 0.338 e. The third kappa shape index (κ3) is 2.63. The van der Waals surface area contributed by atoms with Gasteiger partial charge in [-0.05, 0) is 56.0 Å². The first-order chi connectivity index (χ1) is 9.19. The molecule has 0 atom stereocenters. The Labute approximate surface area is 118 Å². The molecule has 2 aliphatic rings. The Morgan fingerprint density at radius 1 is 1.26 bits per heavy atom. The maximum atomic E-state index is 12.5. The molecule has 0 bridgehead atoms. The molecule has 2 saturated heterocycles. The molecule has 2 fully saturated rings. The van der Waals surface area contributed by atoms with Gasteiger partial charge in [0, 0.05) is 23.7 Å². The summed E-state index contributed by atoms with van der Waals surface area (Å²) in [6, 6.07) is 7.25. The molecule has 0 aliphatic carbocycles. The van der Waals surface area contributed by atoms with Gasteiger partial charge in [0.25, 0.3) is 5.91 Å². The molecule has 3 nitrogen and oxygen atoms in total. The zero-order valence-electron chi connectivity index (χ0n) is 11.0. The van der Waals surface area contributed by atoms with Crippen molar-refractivity contribution in [2.24, 2.45) is 5.41 Å². The summed E-state index contributed by atoms with van der Waals surface area (Å²) in [6.45, 7) is 3.95. The number of amides is 1. The predicted molar refractivity (Wildman–Crippen MR) is 76.5 cm³/mol. The Morgan fingerprint density at radius 2 is 2.05 bits per heavy atom. The van der Waals surface area contributed by atoms with Crippen LogP contribution in [-0.2, 0) is 0 Å². The Kier molecular flexibility index (Phi) is 3.50. The zero-order valence-corrected chi connectivity index (χ0v) is 11.7. The van der Waals surface area contributed by atoms with Crippen molar-refractivity contribution in [3.63, 3.8) is 0 Å². The number of hydrogen-bond acceptors (Lipinski definition) is 2. The fourth-order valence-corrected chi connectivity index (χ4v) is 3.47. The van der Waals surface area contributed by atoms with E-state index >= 15 is 0 Å². The molecule has 0 radical (unpaired) electrons. The minimum Gasteiger partial charge on any atom is -0.338 e. The topological polar surface area (TPSA) is 32.3 Å². The Morgan fingerprint density at radius 3 is 2.79 bits per heavy atom. The van der Waals surface area contributed by atoms with Crippen LogP contribution in [0.4, 0.5) is 0 Å². The number of halogens is 1. The highest BCUT2D eigenvalue weighted by molar-refractivity contribution is 6.30. The zero-order chi connectivity index (χ0) is 13.3. The van der Waals surface area contributed by atoms with Gasteiger partial charge < -0.3 is 10.2 Å². The lowest BCUT2D eigenvalue weighted by atomic mass is 9.78. The summed E-state index contributed by atoms with van der Waals surface area (Å²) in [4.78, 5) is 14.5.